The summed E-state index contributed by atoms with van der Waals surface area (Å²) in [6, 6.07) is 4.38. The first-order chi connectivity index (χ1) is 10.7. The van der Waals surface area contributed by atoms with Crippen molar-refractivity contribution in [1.82, 2.24) is 5.32 Å². The molecule has 23 heavy (non-hydrogen) atoms. The number of benzene rings is 1. The number of unbranched alkanes of at least 4 members (excludes halogenated alkanes) is 1. The van der Waals surface area contributed by atoms with Gasteiger partial charge in [-0.05, 0) is 45.4 Å². The van der Waals surface area contributed by atoms with Crippen molar-refractivity contribution >= 4 is 12.1 Å². The Labute approximate surface area is 136 Å². The Morgan fingerprint density at radius 2 is 1.96 bits per heavy atom. The van der Waals surface area contributed by atoms with Crippen LogP contribution in [0.2, 0.25) is 0 Å². The summed E-state index contributed by atoms with van der Waals surface area (Å²) in [5.74, 6) is -0.490. The summed E-state index contributed by atoms with van der Waals surface area (Å²) in [5, 5.41) is 12.4. The van der Waals surface area contributed by atoms with Gasteiger partial charge in [-0.3, -0.25) is 0 Å². The zero-order valence-corrected chi connectivity index (χ0v) is 14.1. The van der Waals surface area contributed by atoms with Crippen LogP contribution < -0.4 is 5.32 Å². The standard InChI is InChI=1S/C17H25NO5/c1-5-6-9-22-16(21)18-11-13-10-12(7-8-14(13)19)15(20)23-17(2,3)4/h7-8,10,19H,5-6,9,11H2,1-4H3,(H,18,21). The molecule has 0 aliphatic carbocycles. The van der Waals surface area contributed by atoms with Gasteiger partial charge in [-0.2, -0.15) is 0 Å². The van der Waals surface area contributed by atoms with Gasteiger partial charge in [0.15, 0.2) is 0 Å². The van der Waals surface area contributed by atoms with E-state index in [9.17, 15) is 14.7 Å². The number of hydrogen-bond acceptors (Lipinski definition) is 5. The van der Waals surface area contributed by atoms with Crippen LogP contribution in [-0.2, 0) is 16.0 Å². The number of amides is 1. The number of phenols is 1. The third kappa shape index (κ3) is 7.04. The van der Waals surface area contributed by atoms with Gasteiger partial charge >= 0.3 is 12.1 Å². The number of rotatable bonds is 6. The van der Waals surface area contributed by atoms with Gasteiger partial charge in [-0.15, -0.1) is 0 Å². The first-order valence-electron chi connectivity index (χ1n) is 7.69. The van der Waals surface area contributed by atoms with Crippen LogP contribution in [-0.4, -0.2) is 29.4 Å². The van der Waals surface area contributed by atoms with Crippen molar-refractivity contribution in [3.63, 3.8) is 0 Å². The van der Waals surface area contributed by atoms with E-state index in [0.29, 0.717) is 17.7 Å². The Kier molecular flexibility index (Phi) is 6.88. The number of alkyl carbamates (subject to hydrolysis) is 1. The number of ether oxygens (including phenoxy) is 2. The van der Waals surface area contributed by atoms with Gasteiger partial charge in [0.25, 0.3) is 0 Å². The summed E-state index contributed by atoms with van der Waals surface area (Å²) in [6.07, 6.45) is 1.18. The fourth-order valence-electron chi connectivity index (χ4n) is 1.72. The van der Waals surface area contributed by atoms with E-state index in [4.69, 9.17) is 9.47 Å². The van der Waals surface area contributed by atoms with E-state index in [1.165, 1.54) is 18.2 Å². The van der Waals surface area contributed by atoms with Crippen LogP contribution in [0, 0.1) is 0 Å². The van der Waals surface area contributed by atoms with Crippen LogP contribution in [0.15, 0.2) is 18.2 Å². The monoisotopic (exact) mass is 323 g/mol. The Balaban J connectivity index is 2.67. The van der Waals surface area contributed by atoms with Gasteiger partial charge in [-0.25, -0.2) is 9.59 Å². The smallest absolute Gasteiger partial charge is 0.407 e. The van der Waals surface area contributed by atoms with Crippen LogP contribution in [0.5, 0.6) is 5.75 Å². The summed E-state index contributed by atoms with van der Waals surface area (Å²) in [6.45, 7) is 7.75. The number of nitrogens with one attached hydrogen (secondary N) is 1. The number of esters is 1. The molecular weight excluding hydrogens is 298 g/mol. The Bertz CT molecular complexity index is 548. The lowest BCUT2D eigenvalue weighted by atomic mass is 10.1. The zero-order valence-electron chi connectivity index (χ0n) is 14.1. The van der Waals surface area contributed by atoms with Crippen molar-refractivity contribution in [3.8, 4) is 5.75 Å². The second-order valence-corrected chi connectivity index (χ2v) is 6.19. The van der Waals surface area contributed by atoms with Gasteiger partial charge in [0.2, 0.25) is 0 Å². The molecule has 1 aromatic carbocycles. The fourth-order valence-corrected chi connectivity index (χ4v) is 1.72. The van der Waals surface area contributed by atoms with E-state index >= 15 is 0 Å². The SMILES string of the molecule is CCCCOC(=O)NCc1cc(C(=O)OC(C)(C)C)ccc1O. The quantitative estimate of drug-likeness (QED) is 0.619. The molecule has 2 N–H and O–H groups in total. The first kappa shape index (κ1) is 18.8. The summed E-state index contributed by atoms with van der Waals surface area (Å²) >= 11 is 0. The highest BCUT2D eigenvalue weighted by Gasteiger charge is 2.19. The third-order valence-electron chi connectivity index (χ3n) is 2.87. The molecule has 0 unspecified atom stereocenters. The largest absolute Gasteiger partial charge is 0.508 e. The predicted molar refractivity (Wildman–Crippen MR) is 86.4 cm³/mol. The first-order valence-corrected chi connectivity index (χ1v) is 7.69. The van der Waals surface area contributed by atoms with Crippen LogP contribution in [0.3, 0.4) is 0 Å². The maximum absolute atomic E-state index is 12.0. The van der Waals surface area contributed by atoms with Crippen molar-refractivity contribution in [2.24, 2.45) is 0 Å². The molecule has 0 saturated carbocycles. The number of hydrogen-bond donors (Lipinski definition) is 2. The molecule has 0 radical (unpaired) electrons. The minimum absolute atomic E-state index is 0.00818. The normalized spacial score (nSPS) is 11.0. The summed E-state index contributed by atoms with van der Waals surface area (Å²) in [7, 11) is 0. The van der Waals surface area contributed by atoms with Crippen molar-refractivity contribution in [2.75, 3.05) is 6.61 Å². The molecule has 0 aliphatic heterocycles. The molecule has 1 aromatic rings. The molecule has 0 aliphatic rings. The Morgan fingerprint density at radius 1 is 1.26 bits per heavy atom. The van der Waals surface area contributed by atoms with Gasteiger partial charge in [0.1, 0.15) is 11.4 Å². The summed E-state index contributed by atoms with van der Waals surface area (Å²) < 4.78 is 10.2. The lowest BCUT2D eigenvalue weighted by molar-refractivity contribution is 0.00694. The molecule has 0 spiro atoms. The molecule has 0 saturated heterocycles. The number of aromatic hydroxyl groups is 1. The number of carbonyl (C=O) groups is 2. The van der Waals surface area contributed by atoms with Gasteiger partial charge in [0.05, 0.1) is 12.2 Å². The predicted octanol–water partition coefficient (Wildman–Crippen LogP) is 3.37. The molecular formula is C17H25NO5. The van der Waals surface area contributed by atoms with E-state index in [1.807, 2.05) is 6.92 Å². The van der Waals surface area contributed by atoms with E-state index in [-0.39, 0.29) is 12.3 Å². The molecule has 6 nitrogen and oxygen atoms in total. The molecule has 0 fully saturated rings. The molecule has 0 bridgehead atoms. The van der Waals surface area contributed by atoms with Crippen molar-refractivity contribution in [1.29, 1.82) is 0 Å². The molecule has 128 valence electrons. The lowest BCUT2D eigenvalue weighted by Gasteiger charge is -2.19. The van der Waals surface area contributed by atoms with Crippen molar-refractivity contribution < 1.29 is 24.2 Å². The second kappa shape index (κ2) is 8.41. The van der Waals surface area contributed by atoms with Gasteiger partial charge in [-0.1, -0.05) is 13.3 Å². The van der Waals surface area contributed by atoms with Crippen LogP contribution >= 0.6 is 0 Å². The highest BCUT2D eigenvalue weighted by molar-refractivity contribution is 5.90. The molecule has 0 aromatic heterocycles. The van der Waals surface area contributed by atoms with E-state index in [0.717, 1.165) is 12.8 Å². The summed E-state index contributed by atoms with van der Waals surface area (Å²) in [5.41, 5.74) is 0.130. The third-order valence-corrected chi connectivity index (χ3v) is 2.87. The topological polar surface area (TPSA) is 84.9 Å². The van der Waals surface area contributed by atoms with Crippen LogP contribution in [0.25, 0.3) is 0 Å². The van der Waals surface area contributed by atoms with Crippen molar-refractivity contribution in [3.05, 3.63) is 29.3 Å². The van der Waals surface area contributed by atoms with Gasteiger partial charge < -0.3 is 19.9 Å². The minimum atomic E-state index is -0.601. The van der Waals surface area contributed by atoms with Gasteiger partial charge in [0, 0.05) is 12.1 Å². The Hall–Kier alpha value is -2.24. The maximum atomic E-state index is 12.0. The molecule has 1 rings (SSSR count). The molecule has 6 heteroatoms. The second-order valence-electron chi connectivity index (χ2n) is 6.19. The van der Waals surface area contributed by atoms with Crippen LogP contribution in [0.4, 0.5) is 4.79 Å². The highest BCUT2D eigenvalue weighted by atomic mass is 16.6. The zero-order chi connectivity index (χ0) is 17.5. The number of phenolic OH excluding ortho intramolecular Hbond substituents is 1. The average Bonchev–Trinajstić information content (AvgIpc) is 2.44. The highest BCUT2D eigenvalue weighted by Crippen LogP contribution is 2.20. The molecule has 0 heterocycles. The lowest BCUT2D eigenvalue weighted by Crippen LogP contribution is -2.25. The van der Waals surface area contributed by atoms with Crippen molar-refractivity contribution in [2.45, 2.75) is 52.7 Å². The van der Waals surface area contributed by atoms with E-state index < -0.39 is 17.7 Å². The van der Waals surface area contributed by atoms with E-state index in [2.05, 4.69) is 5.32 Å². The fraction of sp³-hybridized carbons (Fsp3) is 0.529. The Morgan fingerprint density at radius 3 is 2.57 bits per heavy atom. The molecule has 1 amide bonds. The van der Waals surface area contributed by atoms with E-state index in [1.54, 1.807) is 20.8 Å². The maximum Gasteiger partial charge on any atom is 0.407 e. The molecule has 0 atom stereocenters. The minimum Gasteiger partial charge on any atom is -0.508 e. The summed E-state index contributed by atoms with van der Waals surface area (Å²) in [4.78, 5) is 23.5. The average molecular weight is 323 g/mol. The number of carbonyl (C=O) groups excluding carboxylic acids is 2. The van der Waals surface area contributed by atoms with Crippen LogP contribution in [0.1, 0.15) is 56.5 Å².